The van der Waals surface area contributed by atoms with Gasteiger partial charge < -0.3 is 0 Å². The number of benzene rings is 2. The molecule has 6 nitrogen and oxygen atoms in total. The number of hydrogen-bond acceptors (Lipinski definition) is 6. The van der Waals surface area contributed by atoms with Gasteiger partial charge in [0.1, 0.15) is 0 Å². The van der Waals surface area contributed by atoms with Crippen molar-refractivity contribution in [3.8, 4) is 0 Å². The van der Waals surface area contributed by atoms with E-state index >= 15 is 0 Å². The van der Waals surface area contributed by atoms with Crippen LogP contribution in [0.5, 0.6) is 0 Å². The molecule has 0 spiro atoms. The predicted molar refractivity (Wildman–Crippen MR) is 98.1 cm³/mol. The molecule has 2 rings (SSSR count). The molecule has 0 aliphatic carbocycles. The number of hydrogen-bond donors (Lipinski definition) is 0. The van der Waals surface area contributed by atoms with Crippen LogP contribution in [-0.2, 0) is 19.6 Å². The van der Waals surface area contributed by atoms with Crippen LogP contribution in [-0.4, -0.2) is 11.9 Å². The summed E-state index contributed by atoms with van der Waals surface area (Å²) in [5.74, 6) is -1.38. The molecule has 0 fully saturated rings. The lowest BCUT2D eigenvalue weighted by Crippen LogP contribution is -2.16. The molecule has 0 aromatic heterocycles. The van der Waals surface area contributed by atoms with Gasteiger partial charge in [-0.25, -0.2) is 9.59 Å². The Morgan fingerprint density at radius 2 is 1.15 bits per heavy atom. The maximum Gasteiger partial charge on any atom is 0.373 e. The van der Waals surface area contributed by atoms with Crippen LogP contribution in [0.4, 0.5) is 0 Å². The van der Waals surface area contributed by atoms with E-state index in [1.165, 1.54) is 0 Å². The number of carbonyl (C=O) groups excluding carboxylic acids is 2. The van der Waals surface area contributed by atoms with Crippen LogP contribution < -0.4 is 0 Å². The summed E-state index contributed by atoms with van der Waals surface area (Å²) in [7, 11) is 0. The zero-order valence-corrected chi connectivity index (χ0v) is 15.8. The van der Waals surface area contributed by atoms with E-state index in [-0.39, 0.29) is 12.7 Å². The summed E-state index contributed by atoms with van der Waals surface area (Å²) in [6, 6.07) is 10.8. The average Bonchev–Trinajstić information content (AvgIpc) is 2.65. The summed E-state index contributed by atoms with van der Waals surface area (Å²) in [6.45, 7) is 10.9. The first kappa shape index (κ1) is 20.6. The van der Waals surface area contributed by atoms with Gasteiger partial charge in [0.05, 0.1) is 11.1 Å². The van der Waals surface area contributed by atoms with Gasteiger partial charge in [0.2, 0.25) is 0 Å². The molecule has 0 heterocycles. The quantitative estimate of drug-likeness (QED) is 0.527. The largest absolute Gasteiger partial charge is 0.373 e. The van der Waals surface area contributed by atoms with E-state index in [1.54, 1.807) is 38.1 Å². The van der Waals surface area contributed by atoms with Crippen molar-refractivity contribution >= 4 is 11.9 Å². The van der Waals surface area contributed by atoms with Gasteiger partial charge in [0.15, 0.2) is 0 Å². The molecule has 0 unspecified atom stereocenters. The van der Waals surface area contributed by atoms with Crippen molar-refractivity contribution in [1.82, 2.24) is 0 Å². The lowest BCUT2D eigenvalue weighted by atomic mass is 10.1. The highest BCUT2D eigenvalue weighted by atomic mass is 17.3. The van der Waals surface area contributed by atoms with Crippen molar-refractivity contribution in [2.24, 2.45) is 0 Å². The Balaban J connectivity index is 1.92. The van der Waals surface area contributed by atoms with E-state index in [0.717, 1.165) is 22.3 Å². The molecule has 0 aliphatic heterocycles. The van der Waals surface area contributed by atoms with Gasteiger partial charge in [-0.15, -0.1) is 9.78 Å². The van der Waals surface area contributed by atoms with Crippen LogP contribution >= 0.6 is 0 Å². The van der Waals surface area contributed by atoms with Crippen molar-refractivity contribution in [2.75, 3.05) is 0 Å². The fourth-order valence-electron chi connectivity index (χ4n) is 2.27. The van der Waals surface area contributed by atoms with E-state index < -0.39 is 11.9 Å². The Hall–Kier alpha value is -2.70. The van der Waals surface area contributed by atoms with Crippen LogP contribution in [0.1, 0.15) is 49.4 Å². The first-order valence-electron chi connectivity index (χ1n) is 8.39. The van der Waals surface area contributed by atoms with Gasteiger partial charge in [-0.3, -0.25) is 9.78 Å². The summed E-state index contributed by atoms with van der Waals surface area (Å²) < 4.78 is 0. The minimum Gasteiger partial charge on any atom is -0.289 e. The minimum absolute atomic E-state index is 0.0276. The van der Waals surface area contributed by atoms with E-state index in [0.29, 0.717) is 11.1 Å². The number of rotatable bonds is 7. The molecule has 6 heteroatoms. The molecule has 0 amide bonds. The third-order valence-corrected chi connectivity index (χ3v) is 3.85. The van der Waals surface area contributed by atoms with Crippen molar-refractivity contribution in [2.45, 2.75) is 34.1 Å². The molecule has 2 radical (unpaired) electrons. The maximum atomic E-state index is 12.1. The molecule has 0 atom stereocenters. The van der Waals surface area contributed by atoms with Crippen molar-refractivity contribution < 1.29 is 29.1 Å². The Labute approximate surface area is 158 Å². The topological polar surface area (TPSA) is 71.1 Å². The summed E-state index contributed by atoms with van der Waals surface area (Å²) in [6.07, 6.45) is -0.285. The summed E-state index contributed by atoms with van der Waals surface area (Å²) >= 11 is 0. The van der Waals surface area contributed by atoms with Gasteiger partial charge in [-0.1, -0.05) is 35.4 Å². The van der Waals surface area contributed by atoms with Crippen LogP contribution in [0.3, 0.4) is 0 Å². The standard InChI is InChI=1S/C21H22O6/c1-6-19(24-26-20(22)17-11-13(2)7-9-15(17)4)25-27-21(23)18-12-14(3)8-10-16(18)5/h7-12H,1,6H2,2-5H3. The van der Waals surface area contributed by atoms with Crippen molar-refractivity contribution in [1.29, 1.82) is 0 Å². The molecule has 27 heavy (non-hydrogen) atoms. The minimum atomic E-state index is -0.688. The smallest absolute Gasteiger partial charge is 0.289 e. The molecule has 0 saturated carbocycles. The van der Waals surface area contributed by atoms with E-state index in [2.05, 4.69) is 6.92 Å². The second-order valence-corrected chi connectivity index (χ2v) is 6.17. The summed E-state index contributed by atoms with van der Waals surface area (Å²) in [5, 5.41) is 0. The molecule has 0 N–H and O–H groups in total. The third kappa shape index (κ3) is 5.64. The highest BCUT2D eigenvalue weighted by Crippen LogP contribution is 2.18. The predicted octanol–water partition coefficient (Wildman–Crippen LogP) is 4.51. The number of carbonyl (C=O) groups is 2. The zero-order valence-electron chi connectivity index (χ0n) is 15.8. The molecule has 0 saturated heterocycles. The summed E-state index contributed by atoms with van der Waals surface area (Å²) in [4.78, 5) is 43.5. The van der Waals surface area contributed by atoms with E-state index in [4.69, 9.17) is 19.6 Å². The molecule has 2 aromatic carbocycles. The lowest BCUT2D eigenvalue weighted by Gasteiger charge is -2.13. The fraction of sp³-hybridized carbons (Fsp3) is 0.238. The molecular formula is C21H22O6. The SMILES string of the molecule is [CH2]C[C](OOC(=O)c1cc(C)ccc1C)OOC(=O)c1cc(C)ccc1C. The van der Waals surface area contributed by atoms with Crippen LogP contribution in [0.2, 0.25) is 0 Å². The third-order valence-electron chi connectivity index (χ3n) is 3.85. The Bertz CT molecular complexity index is 760. The van der Waals surface area contributed by atoms with Crippen LogP contribution in [0.25, 0.3) is 0 Å². The molecular weight excluding hydrogens is 348 g/mol. The average molecular weight is 370 g/mol. The highest BCUT2D eigenvalue weighted by Gasteiger charge is 2.21. The molecule has 0 bridgehead atoms. The van der Waals surface area contributed by atoms with Crippen molar-refractivity contribution in [3.05, 3.63) is 83.0 Å². The van der Waals surface area contributed by atoms with Gasteiger partial charge in [0.25, 0.3) is 0 Å². The summed E-state index contributed by atoms with van der Waals surface area (Å²) in [5.41, 5.74) is 4.04. The Kier molecular flexibility index (Phi) is 7.10. The van der Waals surface area contributed by atoms with Gasteiger partial charge in [-0.2, -0.15) is 0 Å². The first-order valence-corrected chi connectivity index (χ1v) is 8.39. The van der Waals surface area contributed by atoms with E-state index in [1.807, 2.05) is 26.0 Å². The fourth-order valence-corrected chi connectivity index (χ4v) is 2.27. The van der Waals surface area contributed by atoms with Gasteiger partial charge in [-0.05, 0) is 57.9 Å². The Morgan fingerprint density at radius 3 is 1.52 bits per heavy atom. The number of aryl methyl sites for hydroxylation is 4. The highest BCUT2D eigenvalue weighted by molar-refractivity contribution is 5.91. The molecule has 2 aromatic rings. The molecule has 0 aliphatic rings. The normalized spacial score (nSPS) is 10.7. The second kappa shape index (κ2) is 9.30. The lowest BCUT2D eigenvalue weighted by molar-refractivity contribution is -0.362. The molecule has 142 valence electrons. The zero-order chi connectivity index (χ0) is 20.0. The van der Waals surface area contributed by atoms with Crippen LogP contribution in [0.15, 0.2) is 36.4 Å². The monoisotopic (exact) mass is 370 g/mol. The second-order valence-electron chi connectivity index (χ2n) is 6.17. The Morgan fingerprint density at radius 1 is 0.741 bits per heavy atom. The van der Waals surface area contributed by atoms with E-state index in [9.17, 15) is 9.59 Å². The van der Waals surface area contributed by atoms with Crippen molar-refractivity contribution in [3.63, 3.8) is 0 Å². The van der Waals surface area contributed by atoms with Crippen LogP contribution in [0, 0.1) is 40.9 Å². The van der Waals surface area contributed by atoms with Gasteiger partial charge in [0, 0.05) is 6.42 Å². The van der Waals surface area contributed by atoms with Gasteiger partial charge >= 0.3 is 18.2 Å². The maximum absolute atomic E-state index is 12.1. The first-order chi connectivity index (χ1) is 12.8.